The third-order valence-corrected chi connectivity index (χ3v) is 4.90. The second-order valence-corrected chi connectivity index (χ2v) is 7.54. The number of nitro groups is 1. The second kappa shape index (κ2) is 9.53. The molecule has 0 unspecified atom stereocenters. The summed E-state index contributed by atoms with van der Waals surface area (Å²) in [5, 5.41) is 18.4. The number of aromatic nitrogens is 3. The van der Waals surface area contributed by atoms with Gasteiger partial charge in [-0.3, -0.25) is 20.2 Å². The first-order chi connectivity index (χ1) is 15.9. The van der Waals surface area contributed by atoms with Crippen molar-refractivity contribution in [3.05, 3.63) is 98.7 Å². The number of amides is 1. The Morgan fingerprint density at radius 3 is 2.73 bits per heavy atom. The maximum Gasteiger partial charge on any atom is 0.293 e. The number of nitrogens with one attached hydrogen (secondary N) is 1. The Labute approximate surface area is 192 Å². The molecule has 168 valence electrons. The average Bonchev–Trinajstić information content (AvgIpc) is 3.43. The number of nitrogens with zero attached hydrogens (tertiary/aromatic N) is 4. The van der Waals surface area contributed by atoms with Crippen LogP contribution in [0.2, 0.25) is 5.02 Å². The topological polar surface area (TPSA) is 125 Å². The summed E-state index contributed by atoms with van der Waals surface area (Å²) >= 11 is 5.89. The van der Waals surface area contributed by atoms with Crippen molar-refractivity contribution in [2.75, 3.05) is 5.32 Å². The fourth-order valence-corrected chi connectivity index (χ4v) is 3.15. The summed E-state index contributed by atoms with van der Waals surface area (Å²) in [6.45, 7) is 2.16. The quantitative estimate of drug-likeness (QED) is 0.296. The summed E-state index contributed by atoms with van der Waals surface area (Å²) < 4.78 is 12.7. The number of halogens is 1. The standard InChI is InChI=1S/C22H18ClN5O5/c1-14-10-17(6-8-19(14)28(30)31)32-12-18-7-9-20(33-18)21(29)25-22-24-13-27(26-22)11-15-2-4-16(23)5-3-15/h2-10,13H,11-12H2,1H3,(H,25,26,29). The number of anilines is 1. The second-order valence-electron chi connectivity index (χ2n) is 7.11. The highest BCUT2D eigenvalue weighted by molar-refractivity contribution is 6.30. The lowest BCUT2D eigenvalue weighted by Crippen LogP contribution is -2.12. The lowest BCUT2D eigenvalue weighted by atomic mass is 10.2. The Kier molecular flexibility index (Phi) is 6.36. The predicted molar refractivity (Wildman–Crippen MR) is 119 cm³/mol. The summed E-state index contributed by atoms with van der Waals surface area (Å²) in [5.41, 5.74) is 1.49. The minimum Gasteiger partial charge on any atom is -0.486 e. The third-order valence-electron chi connectivity index (χ3n) is 4.65. The number of hydrogen-bond donors (Lipinski definition) is 1. The van der Waals surface area contributed by atoms with Crippen molar-refractivity contribution < 1.29 is 18.9 Å². The zero-order valence-corrected chi connectivity index (χ0v) is 18.2. The first-order valence-corrected chi connectivity index (χ1v) is 10.2. The number of rotatable bonds is 8. The lowest BCUT2D eigenvalue weighted by Gasteiger charge is -2.05. The molecule has 2 aromatic heterocycles. The van der Waals surface area contributed by atoms with Gasteiger partial charge in [-0.25, -0.2) is 9.67 Å². The van der Waals surface area contributed by atoms with Crippen LogP contribution in [0.1, 0.15) is 27.4 Å². The van der Waals surface area contributed by atoms with Gasteiger partial charge in [0.15, 0.2) is 5.76 Å². The molecule has 10 nitrogen and oxygen atoms in total. The van der Waals surface area contributed by atoms with Gasteiger partial charge in [0, 0.05) is 16.7 Å². The first kappa shape index (κ1) is 22.0. The van der Waals surface area contributed by atoms with E-state index in [2.05, 4.69) is 15.4 Å². The molecule has 11 heteroatoms. The van der Waals surface area contributed by atoms with Crippen molar-refractivity contribution in [3.63, 3.8) is 0 Å². The van der Waals surface area contributed by atoms with Gasteiger partial charge in [-0.1, -0.05) is 23.7 Å². The molecule has 2 aromatic carbocycles. The Morgan fingerprint density at radius 2 is 2.00 bits per heavy atom. The van der Waals surface area contributed by atoms with Crippen molar-refractivity contribution in [1.29, 1.82) is 0 Å². The summed E-state index contributed by atoms with van der Waals surface area (Å²) in [4.78, 5) is 27.0. The smallest absolute Gasteiger partial charge is 0.293 e. The number of benzene rings is 2. The molecule has 0 atom stereocenters. The SMILES string of the molecule is Cc1cc(OCc2ccc(C(=O)Nc3ncn(Cc4ccc(Cl)cc4)n3)o2)ccc1[N+](=O)[O-]. The molecule has 0 aliphatic rings. The highest BCUT2D eigenvalue weighted by Gasteiger charge is 2.15. The number of furan rings is 1. The zero-order chi connectivity index (χ0) is 23.4. The van der Waals surface area contributed by atoms with E-state index in [1.54, 1.807) is 35.9 Å². The van der Waals surface area contributed by atoms with Crippen LogP contribution in [0.3, 0.4) is 0 Å². The van der Waals surface area contributed by atoms with Gasteiger partial charge < -0.3 is 9.15 Å². The third kappa shape index (κ3) is 5.55. The Hall–Kier alpha value is -4.18. The zero-order valence-electron chi connectivity index (χ0n) is 17.4. The van der Waals surface area contributed by atoms with E-state index in [4.69, 9.17) is 20.8 Å². The average molecular weight is 468 g/mol. The van der Waals surface area contributed by atoms with E-state index in [0.29, 0.717) is 28.6 Å². The van der Waals surface area contributed by atoms with Gasteiger partial charge in [0.2, 0.25) is 5.95 Å². The molecule has 1 amide bonds. The number of aryl methyl sites for hydroxylation is 1. The van der Waals surface area contributed by atoms with Crippen LogP contribution in [-0.4, -0.2) is 25.6 Å². The molecule has 0 saturated carbocycles. The van der Waals surface area contributed by atoms with E-state index >= 15 is 0 Å². The van der Waals surface area contributed by atoms with Crippen molar-refractivity contribution in [2.45, 2.75) is 20.1 Å². The molecule has 0 aliphatic heterocycles. The minimum absolute atomic E-state index is 0.0172. The minimum atomic E-state index is -0.503. The molecule has 1 N–H and O–H groups in total. The summed E-state index contributed by atoms with van der Waals surface area (Å²) in [6, 6.07) is 14.9. The van der Waals surface area contributed by atoms with E-state index < -0.39 is 10.8 Å². The molecular weight excluding hydrogens is 450 g/mol. The summed E-state index contributed by atoms with van der Waals surface area (Å²) in [6.07, 6.45) is 1.51. The molecule has 0 aliphatic carbocycles. The molecule has 0 fully saturated rings. The number of hydrogen-bond acceptors (Lipinski definition) is 7. The molecule has 0 saturated heterocycles. The van der Waals surface area contributed by atoms with Crippen molar-refractivity contribution in [2.24, 2.45) is 0 Å². The van der Waals surface area contributed by atoms with Gasteiger partial charge in [-0.15, -0.1) is 5.10 Å². The number of nitro benzene ring substituents is 1. The number of carbonyl (C=O) groups is 1. The van der Waals surface area contributed by atoms with Gasteiger partial charge in [-0.05, 0) is 48.9 Å². The fourth-order valence-electron chi connectivity index (χ4n) is 3.02. The van der Waals surface area contributed by atoms with Crippen LogP contribution in [0, 0.1) is 17.0 Å². The van der Waals surface area contributed by atoms with Crippen molar-refractivity contribution >= 4 is 29.1 Å². The van der Waals surface area contributed by atoms with Crippen molar-refractivity contribution in [3.8, 4) is 5.75 Å². The molecule has 4 rings (SSSR count). The van der Waals surface area contributed by atoms with E-state index in [1.807, 2.05) is 12.1 Å². The van der Waals surface area contributed by atoms with E-state index in [1.165, 1.54) is 24.5 Å². The maximum absolute atomic E-state index is 12.4. The van der Waals surface area contributed by atoms with Gasteiger partial charge in [-0.2, -0.15) is 0 Å². The molecule has 2 heterocycles. The largest absolute Gasteiger partial charge is 0.486 e. The normalized spacial score (nSPS) is 10.7. The van der Waals surface area contributed by atoms with Crippen LogP contribution in [0.15, 0.2) is 65.3 Å². The highest BCUT2D eigenvalue weighted by Crippen LogP contribution is 2.24. The van der Waals surface area contributed by atoms with Gasteiger partial charge in [0.05, 0.1) is 11.5 Å². The van der Waals surface area contributed by atoms with Crippen LogP contribution in [0.25, 0.3) is 0 Å². The van der Waals surface area contributed by atoms with Crippen LogP contribution < -0.4 is 10.1 Å². The molecular formula is C22H18ClN5O5. The number of ether oxygens (including phenoxy) is 1. The molecule has 0 spiro atoms. The molecule has 0 bridgehead atoms. The summed E-state index contributed by atoms with van der Waals surface area (Å²) in [5.74, 6) is 0.581. The van der Waals surface area contributed by atoms with E-state index in [-0.39, 0.29) is 24.0 Å². The van der Waals surface area contributed by atoms with E-state index in [9.17, 15) is 14.9 Å². The Balaban J connectivity index is 1.32. The maximum atomic E-state index is 12.4. The van der Waals surface area contributed by atoms with Crippen LogP contribution >= 0.6 is 11.6 Å². The fraction of sp³-hybridized carbons (Fsp3) is 0.136. The van der Waals surface area contributed by atoms with Crippen molar-refractivity contribution in [1.82, 2.24) is 14.8 Å². The summed E-state index contributed by atoms with van der Waals surface area (Å²) in [7, 11) is 0. The van der Waals surface area contributed by atoms with Gasteiger partial charge in [0.25, 0.3) is 11.6 Å². The monoisotopic (exact) mass is 467 g/mol. The molecule has 33 heavy (non-hydrogen) atoms. The van der Waals surface area contributed by atoms with Gasteiger partial charge >= 0.3 is 0 Å². The van der Waals surface area contributed by atoms with Crippen LogP contribution in [-0.2, 0) is 13.2 Å². The molecule has 4 aromatic rings. The predicted octanol–water partition coefficient (Wildman–Crippen LogP) is 4.62. The van der Waals surface area contributed by atoms with Gasteiger partial charge in [0.1, 0.15) is 24.4 Å². The van der Waals surface area contributed by atoms with E-state index in [0.717, 1.165) is 5.56 Å². The van der Waals surface area contributed by atoms with Crippen LogP contribution in [0.5, 0.6) is 5.75 Å². The first-order valence-electron chi connectivity index (χ1n) is 9.79. The number of carbonyl (C=O) groups excluding carboxylic acids is 1. The molecule has 0 radical (unpaired) electrons. The highest BCUT2D eigenvalue weighted by atomic mass is 35.5. The lowest BCUT2D eigenvalue weighted by molar-refractivity contribution is -0.385. The Morgan fingerprint density at radius 1 is 1.21 bits per heavy atom. The van der Waals surface area contributed by atoms with Crippen LogP contribution in [0.4, 0.5) is 11.6 Å². The Bertz CT molecular complexity index is 1300.